The summed E-state index contributed by atoms with van der Waals surface area (Å²) in [5.41, 5.74) is 1.13. The fourth-order valence-corrected chi connectivity index (χ4v) is 2.36. The molecule has 4 heteroatoms. The third-order valence-electron chi connectivity index (χ3n) is 3.56. The maximum atomic E-state index is 5.37. The van der Waals surface area contributed by atoms with E-state index < -0.39 is 0 Å². The standard InChI is InChI=1S/C15H23NO3/c1-17-14-3-4-15(18-2)13(9-14)10-16-7-5-12-6-8-19-11-12/h3-4,9,12,16H,5-8,10-11H2,1-2H3. The molecule has 0 saturated carbocycles. The van der Waals surface area contributed by atoms with E-state index in [0.717, 1.165) is 49.3 Å². The Labute approximate surface area is 115 Å². The number of methoxy groups -OCH3 is 2. The summed E-state index contributed by atoms with van der Waals surface area (Å²) < 4.78 is 16.0. The van der Waals surface area contributed by atoms with Crippen LogP contribution in [0.1, 0.15) is 18.4 Å². The van der Waals surface area contributed by atoms with E-state index in [2.05, 4.69) is 5.32 Å². The molecular formula is C15H23NO3. The highest BCUT2D eigenvalue weighted by atomic mass is 16.5. The van der Waals surface area contributed by atoms with E-state index in [9.17, 15) is 0 Å². The molecule has 0 aromatic heterocycles. The zero-order valence-corrected chi connectivity index (χ0v) is 11.8. The van der Waals surface area contributed by atoms with Crippen molar-refractivity contribution < 1.29 is 14.2 Å². The summed E-state index contributed by atoms with van der Waals surface area (Å²) in [6, 6.07) is 5.88. The van der Waals surface area contributed by atoms with Crippen LogP contribution < -0.4 is 14.8 Å². The van der Waals surface area contributed by atoms with Gasteiger partial charge in [0.15, 0.2) is 0 Å². The molecule has 1 N–H and O–H groups in total. The molecule has 0 aliphatic carbocycles. The summed E-state index contributed by atoms with van der Waals surface area (Å²) in [6.07, 6.45) is 2.37. The monoisotopic (exact) mass is 265 g/mol. The molecular weight excluding hydrogens is 242 g/mol. The summed E-state index contributed by atoms with van der Waals surface area (Å²) in [4.78, 5) is 0. The predicted octanol–water partition coefficient (Wildman–Crippen LogP) is 2.22. The smallest absolute Gasteiger partial charge is 0.123 e. The van der Waals surface area contributed by atoms with Crippen molar-refractivity contribution in [2.45, 2.75) is 19.4 Å². The first-order valence-electron chi connectivity index (χ1n) is 6.83. The Hall–Kier alpha value is -1.26. The van der Waals surface area contributed by atoms with Gasteiger partial charge in [-0.3, -0.25) is 0 Å². The summed E-state index contributed by atoms with van der Waals surface area (Å²) >= 11 is 0. The molecule has 1 aliphatic rings. The van der Waals surface area contributed by atoms with Crippen LogP contribution in [0.15, 0.2) is 18.2 Å². The molecule has 19 heavy (non-hydrogen) atoms. The Morgan fingerprint density at radius 2 is 2.21 bits per heavy atom. The van der Waals surface area contributed by atoms with Gasteiger partial charge in [0.05, 0.1) is 14.2 Å². The van der Waals surface area contributed by atoms with E-state index in [0.29, 0.717) is 0 Å². The number of ether oxygens (including phenoxy) is 3. The zero-order valence-electron chi connectivity index (χ0n) is 11.8. The fourth-order valence-electron chi connectivity index (χ4n) is 2.36. The van der Waals surface area contributed by atoms with Gasteiger partial charge in [0, 0.05) is 25.3 Å². The van der Waals surface area contributed by atoms with Crippen LogP contribution in [-0.4, -0.2) is 34.0 Å². The minimum atomic E-state index is 0.722. The second kappa shape index (κ2) is 7.36. The summed E-state index contributed by atoms with van der Waals surface area (Å²) in [5, 5.41) is 3.46. The predicted molar refractivity (Wildman–Crippen MR) is 74.8 cm³/mol. The number of hydrogen-bond donors (Lipinski definition) is 1. The molecule has 106 valence electrons. The number of rotatable bonds is 7. The third kappa shape index (κ3) is 4.11. The Morgan fingerprint density at radius 3 is 2.89 bits per heavy atom. The van der Waals surface area contributed by atoms with Crippen LogP contribution in [0.2, 0.25) is 0 Å². The van der Waals surface area contributed by atoms with Crippen molar-refractivity contribution in [2.24, 2.45) is 5.92 Å². The normalized spacial score (nSPS) is 18.5. The fraction of sp³-hybridized carbons (Fsp3) is 0.600. The molecule has 1 heterocycles. The first kappa shape index (κ1) is 14.2. The van der Waals surface area contributed by atoms with Gasteiger partial charge in [0.25, 0.3) is 0 Å². The number of hydrogen-bond acceptors (Lipinski definition) is 4. The lowest BCUT2D eigenvalue weighted by atomic mass is 10.1. The van der Waals surface area contributed by atoms with Gasteiger partial charge in [-0.15, -0.1) is 0 Å². The Bertz CT molecular complexity index is 389. The molecule has 0 amide bonds. The van der Waals surface area contributed by atoms with Crippen LogP contribution >= 0.6 is 0 Å². The van der Waals surface area contributed by atoms with E-state index >= 15 is 0 Å². The molecule has 1 atom stereocenters. The largest absolute Gasteiger partial charge is 0.497 e. The van der Waals surface area contributed by atoms with E-state index in [-0.39, 0.29) is 0 Å². The zero-order chi connectivity index (χ0) is 13.5. The van der Waals surface area contributed by atoms with Crippen LogP contribution in [0.25, 0.3) is 0 Å². The maximum Gasteiger partial charge on any atom is 0.123 e. The topological polar surface area (TPSA) is 39.7 Å². The van der Waals surface area contributed by atoms with E-state index in [4.69, 9.17) is 14.2 Å². The molecule has 1 aromatic rings. The van der Waals surface area contributed by atoms with Crippen LogP contribution in [0.4, 0.5) is 0 Å². The molecule has 2 rings (SSSR count). The highest BCUT2D eigenvalue weighted by molar-refractivity contribution is 5.40. The van der Waals surface area contributed by atoms with Gasteiger partial charge in [-0.25, -0.2) is 0 Å². The van der Waals surface area contributed by atoms with Crippen molar-refractivity contribution in [1.82, 2.24) is 5.32 Å². The van der Waals surface area contributed by atoms with E-state index in [1.165, 1.54) is 12.8 Å². The molecule has 0 bridgehead atoms. The SMILES string of the molecule is COc1ccc(OC)c(CNCCC2CCOC2)c1. The lowest BCUT2D eigenvalue weighted by Gasteiger charge is -2.12. The van der Waals surface area contributed by atoms with Crippen LogP contribution in [0.3, 0.4) is 0 Å². The van der Waals surface area contributed by atoms with Gasteiger partial charge in [-0.1, -0.05) is 0 Å². The van der Waals surface area contributed by atoms with Crippen LogP contribution in [-0.2, 0) is 11.3 Å². The Morgan fingerprint density at radius 1 is 1.32 bits per heavy atom. The third-order valence-corrected chi connectivity index (χ3v) is 3.56. The summed E-state index contributed by atoms with van der Waals surface area (Å²) in [5.74, 6) is 2.49. The van der Waals surface area contributed by atoms with Crippen molar-refractivity contribution in [3.8, 4) is 11.5 Å². The Kier molecular flexibility index (Phi) is 5.48. The summed E-state index contributed by atoms with van der Waals surface area (Å²) in [6.45, 7) is 3.65. The first-order chi connectivity index (χ1) is 9.33. The molecule has 1 aliphatic heterocycles. The van der Waals surface area contributed by atoms with Crippen molar-refractivity contribution in [3.63, 3.8) is 0 Å². The van der Waals surface area contributed by atoms with E-state index in [1.807, 2.05) is 18.2 Å². The average Bonchev–Trinajstić information content (AvgIpc) is 2.96. The molecule has 1 aromatic carbocycles. The van der Waals surface area contributed by atoms with Crippen LogP contribution in [0, 0.1) is 5.92 Å². The summed E-state index contributed by atoms with van der Waals surface area (Å²) in [7, 11) is 3.38. The van der Waals surface area contributed by atoms with Crippen molar-refractivity contribution in [2.75, 3.05) is 34.0 Å². The van der Waals surface area contributed by atoms with Gasteiger partial charge in [0.2, 0.25) is 0 Å². The van der Waals surface area contributed by atoms with Crippen molar-refractivity contribution >= 4 is 0 Å². The minimum Gasteiger partial charge on any atom is -0.497 e. The molecule has 1 saturated heterocycles. The quantitative estimate of drug-likeness (QED) is 0.767. The van der Waals surface area contributed by atoms with Gasteiger partial charge in [-0.2, -0.15) is 0 Å². The van der Waals surface area contributed by atoms with Gasteiger partial charge in [-0.05, 0) is 43.5 Å². The molecule has 1 fully saturated rings. The van der Waals surface area contributed by atoms with Gasteiger partial charge < -0.3 is 19.5 Å². The first-order valence-corrected chi connectivity index (χ1v) is 6.83. The van der Waals surface area contributed by atoms with Gasteiger partial charge >= 0.3 is 0 Å². The molecule has 0 radical (unpaired) electrons. The number of nitrogens with one attached hydrogen (secondary N) is 1. The highest BCUT2D eigenvalue weighted by Crippen LogP contribution is 2.23. The van der Waals surface area contributed by atoms with Gasteiger partial charge in [0.1, 0.15) is 11.5 Å². The maximum absolute atomic E-state index is 5.37. The van der Waals surface area contributed by atoms with Crippen molar-refractivity contribution in [3.05, 3.63) is 23.8 Å². The lowest BCUT2D eigenvalue weighted by Crippen LogP contribution is -2.18. The molecule has 1 unspecified atom stereocenters. The van der Waals surface area contributed by atoms with E-state index in [1.54, 1.807) is 14.2 Å². The lowest BCUT2D eigenvalue weighted by molar-refractivity contribution is 0.184. The molecule has 4 nitrogen and oxygen atoms in total. The second-order valence-corrected chi connectivity index (χ2v) is 4.87. The number of benzene rings is 1. The minimum absolute atomic E-state index is 0.722. The molecule has 0 spiro atoms. The highest BCUT2D eigenvalue weighted by Gasteiger charge is 2.14. The average molecular weight is 265 g/mol. The van der Waals surface area contributed by atoms with Crippen LogP contribution in [0.5, 0.6) is 11.5 Å². The van der Waals surface area contributed by atoms with Crippen molar-refractivity contribution in [1.29, 1.82) is 0 Å². The second-order valence-electron chi connectivity index (χ2n) is 4.87. The Balaban J connectivity index is 1.80.